The molecule has 146 valence electrons. The lowest BCUT2D eigenvalue weighted by Gasteiger charge is -2.54. The van der Waals surface area contributed by atoms with Crippen molar-refractivity contribution in [3.63, 3.8) is 0 Å². The molecule has 3 heterocycles. The molecule has 0 aromatic heterocycles. The first-order valence-corrected chi connectivity index (χ1v) is 10.1. The molecule has 3 saturated heterocycles. The summed E-state index contributed by atoms with van der Waals surface area (Å²) in [7, 11) is 1.62. The van der Waals surface area contributed by atoms with Gasteiger partial charge in [-0.15, -0.1) is 0 Å². The number of ether oxygens (including phenoxy) is 1. The Labute approximate surface area is 160 Å². The van der Waals surface area contributed by atoms with Crippen LogP contribution < -0.4 is 15.4 Å². The number of carbonyl (C=O) groups is 2. The lowest BCUT2D eigenvalue weighted by Crippen LogP contribution is -2.66. The summed E-state index contributed by atoms with van der Waals surface area (Å²) in [5, 5.41) is 6.63. The second kappa shape index (κ2) is 7.89. The molecule has 0 radical (unpaired) electrons. The lowest BCUT2D eigenvalue weighted by atomic mass is 9.72. The molecule has 3 aliphatic rings. The van der Waals surface area contributed by atoms with E-state index in [1.54, 1.807) is 7.11 Å². The SMILES string of the molecule is COc1cccc(CC(=O)NC[C@H]2[C@@H]3CNC[C@@H](C3)[C@@H]3CCCC(=O)N32)c1. The van der Waals surface area contributed by atoms with E-state index >= 15 is 0 Å². The van der Waals surface area contributed by atoms with Gasteiger partial charge >= 0.3 is 0 Å². The Bertz CT molecular complexity index is 708. The molecule has 2 bridgehead atoms. The Balaban J connectivity index is 1.41. The van der Waals surface area contributed by atoms with Crippen molar-refractivity contribution in [2.75, 3.05) is 26.7 Å². The largest absolute Gasteiger partial charge is 0.497 e. The van der Waals surface area contributed by atoms with Crippen molar-refractivity contribution in [3.8, 4) is 5.75 Å². The summed E-state index contributed by atoms with van der Waals surface area (Å²) >= 11 is 0. The van der Waals surface area contributed by atoms with E-state index in [4.69, 9.17) is 4.74 Å². The van der Waals surface area contributed by atoms with Crippen molar-refractivity contribution in [2.24, 2.45) is 11.8 Å². The molecule has 2 N–H and O–H groups in total. The highest BCUT2D eigenvalue weighted by Crippen LogP contribution is 2.39. The van der Waals surface area contributed by atoms with Gasteiger partial charge in [0.1, 0.15) is 5.75 Å². The van der Waals surface area contributed by atoms with Gasteiger partial charge in [0.05, 0.1) is 19.6 Å². The average molecular weight is 371 g/mol. The highest BCUT2D eigenvalue weighted by Gasteiger charge is 2.47. The normalized spacial score (nSPS) is 29.8. The third-order valence-corrected chi connectivity index (χ3v) is 6.41. The Hall–Kier alpha value is -2.08. The topological polar surface area (TPSA) is 70.7 Å². The van der Waals surface area contributed by atoms with Gasteiger partial charge in [-0.25, -0.2) is 0 Å². The number of hydrogen-bond acceptors (Lipinski definition) is 4. The lowest BCUT2D eigenvalue weighted by molar-refractivity contribution is -0.149. The molecular formula is C21H29N3O3. The van der Waals surface area contributed by atoms with Crippen molar-refractivity contribution < 1.29 is 14.3 Å². The van der Waals surface area contributed by atoms with Crippen LogP contribution in [-0.2, 0) is 16.0 Å². The zero-order valence-electron chi connectivity index (χ0n) is 15.9. The molecule has 0 spiro atoms. The zero-order chi connectivity index (χ0) is 18.8. The number of piperidine rings is 3. The first-order chi connectivity index (χ1) is 13.2. The van der Waals surface area contributed by atoms with Crippen LogP contribution in [0, 0.1) is 11.8 Å². The number of amides is 2. The van der Waals surface area contributed by atoms with E-state index in [-0.39, 0.29) is 17.9 Å². The van der Waals surface area contributed by atoms with E-state index in [9.17, 15) is 9.59 Å². The van der Waals surface area contributed by atoms with Crippen molar-refractivity contribution in [1.29, 1.82) is 0 Å². The number of carbonyl (C=O) groups excluding carboxylic acids is 2. The van der Waals surface area contributed by atoms with E-state index < -0.39 is 0 Å². The van der Waals surface area contributed by atoms with Crippen LogP contribution in [0.5, 0.6) is 5.75 Å². The van der Waals surface area contributed by atoms with Gasteiger partial charge in [0.25, 0.3) is 0 Å². The number of hydrogen-bond donors (Lipinski definition) is 2. The number of fused-ring (bicyclic) bond motifs is 4. The van der Waals surface area contributed by atoms with Gasteiger partial charge in [0.15, 0.2) is 0 Å². The minimum atomic E-state index is -0.00449. The van der Waals surface area contributed by atoms with Crippen LogP contribution in [-0.4, -0.2) is 55.5 Å². The summed E-state index contributed by atoms with van der Waals surface area (Å²) in [4.78, 5) is 27.3. The molecule has 0 aliphatic carbocycles. The van der Waals surface area contributed by atoms with Gasteiger partial charge < -0.3 is 20.3 Å². The molecular weight excluding hydrogens is 342 g/mol. The monoisotopic (exact) mass is 371 g/mol. The average Bonchev–Trinajstić information content (AvgIpc) is 2.69. The fourth-order valence-corrected chi connectivity index (χ4v) is 5.15. The first kappa shape index (κ1) is 18.3. The number of benzene rings is 1. The molecule has 6 heteroatoms. The number of nitrogens with one attached hydrogen (secondary N) is 2. The summed E-state index contributed by atoms with van der Waals surface area (Å²) in [5.74, 6) is 2.02. The quantitative estimate of drug-likeness (QED) is 0.820. The molecule has 0 saturated carbocycles. The van der Waals surface area contributed by atoms with Crippen LogP contribution in [0.4, 0.5) is 0 Å². The predicted molar refractivity (Wildman–Crippen MR) is 102 cm³/mol. The van der Waals surface area contributed by atoms with E-state index in [0.29, 0.717) is 37.3 Å². The standard InChI is InChI=1S/C21H29N3O3/c1-27-17-5-2-4-14(8-17)9-20(25)23-13-19-16-10-15(11-22-12-16)18-6-3-7-21(26)24(18)19/h2,4-5,8,15-16,18-19,22H,3,6-7,9-13H2,1H3,(H,23,25)/t15-,16+,18+,19+/m1/s1. The van der Waals surface area contributed by atoms with Crippen LogP contribution >= 0.6 is 0 Å². The van der Waals surface area contributed by atoms with E-state index in [2.05, 4.69) is 15.5 Å². The second-order valence-electron chi connectivity index (χ2n) is 8.07. The van der Waals surface area contributed by atoms with Crippen molar-refractivity contribution in [3.05, 3.63) is 29.8 Å². The van der Waals surface area contributed by atoms with Gasteiger partial charge in [-0.05, 0) is 55.3 Å². The molecule has 1 aromatic rings. The van der Waals surface area contributed by atoms with Crippen LogP contribution in [0.3, 0.4) is 0 Å². The van der Waals surface area contributed by atoms with Crippen LogP contribution in [0.25, 0.3) is 0 Å². The van der Waals surface area contributed by atoms with Gasteiger partial charge in [-0.2, -0.15) is 0 Å². The highest BCUT2D eigenvalue weighted by molar-refractivity contribution is 5.80. The molecule has 3 aliphatic heterocycles. The number of methoxy groups -OCH3 is 1. The Morgan fingerprint density at radius 3 is 3.04 bits per heavy atom. The zero-order valence-corrected chi connectivity index (χ0v) is 15.9. The van der Waals surface area contributed by atoms with Gasteiger partial charge in [-0.1, -0.05) is 12.1 Å². The van der Waals surface area contributed by atoms with Crippen LogP contribution in [0.15, 0.2) is 24.3 Å². The molecule has 1 aromatic carbocycles. The van der Waals surface area contributed by atoms with Gasteiger partial charge in [-0.3, -0.25) is 9.59 Å². The summed E-state index contributed by atoms with van der Waals surface area (Å²) in [6.45, 7) is 2.49. The molecule has 0 unspecified atom stereocenters. The number of nitrogens with zero attached hydrogens (tertiary/aromatic N) is 1. The van der Waals surface area contributed by atoms with E-state index in [0.717, 1.165) is 43.7 Å². The third kappa shape index (κ3) is 3.81. The van der Waals surface area contributed by atoms with Crippen molar-refractivity contribution >= 4 is 11.8 Å². The fourth-order valence-electron chi connectivity index (χ4n) is 5.15. The van der Waals surface area contributed by atoms with Crippen molar-refractivity contribution in [1.82, 2.24) is 15.5 Å². The van der Waals surface area contributed by atoms with E-state index in [1.807, 2.05) is 24.3 Å². The second-order valence-corrected chi connectivity index (χ2v) is 8.07. The maximum Gasteiger partial charge on any atom is 0.224 e. The minimum absolute atomic E-state index is 0.00449. The maximum absolute atomic E-state index is 12.7. The molecule has 4 atom stereocenters. The Morgan fingerprint density at radius 2 is 2.19 bits per heavy atom. The maximum atomic E-state index is 12.7. The van der Waals surface area contributed by atoms with Crippen molar-refractivity contribution in [2.45, 2.75) is 44.2 Å². The summed E-state index contributed by atoms with van der Waals surface area (Å²) < 4.78 is 5.22. The van der Waals surface area contributed by atoms with Crippen LogP contribution in [0.1, 0.15) is 31.2 Å². The van der Waals surface area contributed by atoms with Gasteiger partial charge in [0.2, 0.25) is 11.8 Å². The highest BCUT2D eigenvalue weighted by atomic mass is 16.5. The van der Waals surface area contributed by atoms with E-state index in [1.165, 1.54) is 0 Å². The Morgan fingerprint density at radius 1 is 1.33 bits per heavy atom. The molecule has 4 rings (SSSR count). The van der Waals surface area contributed by atoms with Gasteiger partial charge in [0, 0.05) is 25.6 Å². The molecule has 27 heavy (non-hydrogen) atoms. The minimum Gasteiger partial charge on any atom is -0.497 e. The first-order valence-electron chi connectivity index (χ1n) is 10.1. The summed E-state index contributed by atoms with van der Waals surface area (Å²) in [6, 6.07) is 8.05. The summed E-state index contributed by atoms with van der Waals surface area (Å²) in [5.41, 5.74) is 0.932. The Kier molecular flexibility index (Phi) is 5.34. The molecule has 3 fully saturated rings. The fraction of sp³-hybridized carbons (Fsp3) is 0.619. The summed E-state index contributed by atoms with van der Waals surface area (Å²) in [6.07, 6.45) is 4.23. The molecule has 2 amide bonds. The van der Waals surface area contributed by atoms with Crippen LogP contribution in [0.2, 0.25) is 0 Å². The smallest absolute Gasteiger partial charge is 0.224 e. The number of rotatable bonds is 5. The molecule has 6 nitrogen and oxygen atoms in total. The predicted octanol–water partition coefficient (Wildman–Crippen LogP) is 1.34. The third-order valence-electron chi connectivity index (χ3n) is 6.41.